The van der Waals surface area contributed by atoms with Gasteiger partial charge in [-0.25, -0.2) is 0 Å². The number of benzene rings is 1. The Hall–Kier alpha value is -0.860. The third kappa shape index (κ3) is 3.37. The molecule has 2 rings (SSSR count). The molecule has 1 heterocycles. The van der Waals surface area contributed by atoms with Gasteiger partial charge in [-0.1, -0.05) is 51.1 Å². The van der Waals surface area contributed by atoms with Crippen LogP contribution in [-0.2, 0) is 5.41 Å². The molecule has 0 aromatic heterocycles. The molecule has 0 bridgehead atoms. The lowest BCUT2D eigenvalue weighted by Gasteiger charge is -2.40. The zero-order valence-corrected chi connectivity index (χ0v) is 12.5. The molecule has 2 heteroatoms. The molecule has 0 spiro atoms. The van der Waals surface area contributed by atoms with Gasteiger partial charge in [-0.15, -0.1) is 0 Å². The Bertz CT molecular complexity index is 392. The Morgan fingerprint density at radius 3 is 2.47 bits per heavy atom. The van der Waals surface area contributed by atoms with Crippen LogP contribution in [0.4, 0.5) is 0 Å². The Morgan fingerprint density at radius 2 is 1.89 bits per heavy atom. The normalized spacial score (nSPS) is 28.0. The molecular weight excluding hydrogens is 234 g/mol. The summed E-state index contributed by atoms with van der Waals surface area (Å²) in [4.78, 5) is 2.52. The molecule has 1 aromatic carbocycles. The van der Waals surface area contributed by atoms with Crippen molar-refractivity contribution < 1.29 is 5.11 Å². The highest BCUT2D eigenvalue weighted by Crippen LogP contribution is 2.28. The van der Waals surface area contributed by atoms with E-state index in [9.17, 15) is 5.11 Å². The van der Waals surface area contributed by atoms with Crippen molar-refractivity contribution in [2.24, 2.45) is 11.8 Å². The summed E-state index contributed by atoms with van der Waals surface area (Å²) in [6.45, 7) is 10.3. The summed E-state index contributed by atoms with van der Waals surface area (Å²) in [5, 5.41) is 9.86. The van der Waals surface area contributed by atoms with Gasteiger partial charge in [0.05, 0.1) is 6.61 Å². The van der Waals surface area contributed by atoms with Crippen LogP contribution in [0.2, 0.25) is 0 Å². The minimum absolute atomic E-state index is 0.151. The fourth-order valence-corrected chi connectivity index (χ4v) is 3.06. The first-order valence-corrected chi connectivity index (χ1v) is 7.44. The average Bonchev–Trinajstić information content (AvgIpc) is 2.44. The summed E-state index contributed by atoms with van der Waals surface area (Å²) in [5.74, 6) is 1.58. The van der Waals surface area contributed by atoms with Crippen molar-refractivity contribution in [3.05, 3.63) is 35.9 Å². The summed E-state index contributed by atoms with van der Waals surface area (Å²) in [6, 6.07) is 10.4. The Balaban J connectivity index is 2.07. The van der Waals surface area contributed by atoms with E-state index in [0.29, 0.717) is 0 Å². The Labute approximate surface area is 117 Å². The van der Waals surface area contributed by atoms with Crippen LogP contribution < -0.4 is 0 Å². The van der Waals surface area contributed by atoms with Crippen LogP contribution in [0.15, 0.2) is 30.3 Å². The van der Waals surface area contributed by atoms with E-state index >= 15 is 0 Å². The van der Waals surface area contributed by atoms with Crippen molar-refractivity contribution >= 4 is 0 Å². The van der Waals surface area contributed by atoms with Crippen molar-refractivity contribution in [3.63, 3.8) is 0 Å². The fraction of sp³-hybridized carbons (Fsp3) is 0.647. The maximum absolute atomic E-state index is 9.86. The van der Waals surface area contributed by atoms with Crippen LogP contribution in [0, 0.1) is 11.8 Å². The van der Waals surface area contributed by atoms with Gasteiger partial charge in [-0.2, -0.15) is 0 Å². The quantitative estimate of drug-likeness (QED) is 0.901. The van der Waals surface area contributed by atoms with Crippen LogP contribution in [0.3, 0.4) is 0 Å². The first kappa shape index (κ1) is 14.5. The smallest absolute Gasteiger partial charge is 0.0537 e. The van der Waals surface area contributed by atoms with Crippen LogP contribution in [0.1, 0.15) is 32.8 Å². The average molecular weight is 261 g/mol. The standard InChI is InChI=1S/C17H27NO/c1-14-9-10-18(11-15(14)2)12-17(3,13-19)16-7-5-4-6-8-16/h4-8,14-15,19H,9-13H2,1-3H3. The van der Waals surface area contributed by atoms with E-state index in [0.717, 1.165) is 31.5 Å². The van der Waals surface area contributed by atoms with Gasteiger partial charge in [0.2, 0.25) is 0 Å². The van der Waals surface area contributed by atoms with Crippen molar-refractivity contribution in [2.45, 2.75) is 32.6 Å². The summed E-state index contributed by atoms with van der Waals surface area (Å²) in [6.07, 6.45) is 1.28. The molecule has 2 nitrogen and oxygen atoms in total. The zero-order valence-electron chi connectivity index (χ0n) is 12.5. The molecule has 1 aliphatic heterocycles. The SMILES string of the molecule is CC1CCN(CC(C)(CO)c2ccccc2)CC1C. The van der Waals surface area contributed by atoms with Crippen molar-refractivity contribution in [1.29, 1.82) is 0 Å². The number of rotatable bonds is 4. The number of hydrogen-bond acceptors (Lipinski definition) is 2. The minimum atomic E-state index is -0.151. The highest BCUT2D eigenvalue weighted by Gasteiger charge is 2.31. The molecule has 1 fully saturated rings. The minimum Gasteiger partial charge on any atom is -0.395 e. The molecule has 1 aromatic rings. The molecule has 1 saturated heterocycles. The lowest BCUT2D eigenvalue weighted by atomic mass is 9.81. The molecule has 0 amide bonds. The summed E-state index contributed by atoms with van der Waals surface area (Å²) in [5.41, 5.74) is 1.09. The molecule has 1 N–H and O–H groups in total. The van der Waals surface area contributed by atoms with E-state index in [2.05, 4.69) is 49.9 Å². The van der Waals surface area contributed by atoms with Gasteiger partial charge in [0, 0.05) is 18.5 Å². The molecule has 3 atom stereocenters. The predicted molar refractivity (Wildman–Crippen MR) is 80.3 cm³/mol. The second-order valence-corrected chi connectivity index (χ2v) is 6.56. The van der Waals surface area contributed by atoms with Gasteiger partial charge in [0.15, 0.2) is 0 Å². The first-order valence-electron chi connectivity index (χ1n) is 7.44. The molecule has 3 unspecified atom stereocenters. The van der Waals surface area contributed by atoms with Gasteiger partial charge in [-0.3, -0.25) is 0 Å². The second-order valence-electron chi connectivity index (χ2n) is 6.56. The van der Waals surface area contributed by atoms with Crippen molar-refractivity contribution in [2.75, 3.05) is 26.2 Å². The lowest BCUT2D eigenvalue weighted by molar-refractivity contribution is 0.0900. The van der Waals surface area contributed by atoms with E-state index in [1.165, 1.54) is 12.0 Å². The van der Waals surface area contributed by atoms with Crippen LogP contribution in [-0.4, -0.2) is 36.2 Å². The van der Waals surface area contributed by atoms with Crippen LogP contribution in [0.5, 0.6) is 0 Å². The zero-order chi connectivity index (χ0) is 13.9. The maximum atomic E-state index is 9.86. The van der Waals surface area contributed by atoms with Gasteiger partial charge >= 0.3 is 0 Å². The van der Waals surface area contributed by atoms with E-state index in [1.54, 1.807) is 0 Å². The summed E-state index contributed by atoms with van der Waals surface area (Å²) in [7, 11) is 0. The molecular formula is C17H27NO. The number of hydrogen-bond donors (Lipinski definition) is 1. The van der Waals surface area contributed by atoms with Crippen molar-refractivity contribution in [1.82, 2.24) is 4.90 Å². The lowest BCUT2D eigenvalue weighted by Crippen LogP contribution is -2.47. The molecule has 106 valence electrons. The van der Waals surface area contributed by atoms with E-state index in [-0.39, 0.29) is 12.0 Å². The number of piperidine rings is 1. The van der Waals surface area contributed by atoms with Gasteiger partial charge < -0.3 is 10.0 Å². The summed E-state index contributed by atoms with van der Waals surface area (Å²) < 4.78 is 0. The third-order valence-corrected chi connectivity index (χ3v) is 4.81. The highest BCUT2D eigenvalue weighted by molar-refractivity contribution is 5.25. The largest absolute Gasteiger partial charge is 0.395 e. The van der Waals surface area contributed by atoms with E-state index in [1.807, 2.05) is 6.07 Å². The molecule has 1 aliphatic rings. The highest BCUT2D eigenvalue weighted by atomic mass is 16.3. The molecule has 0 radical (unpaired) electrons. The number of aliphatic hydroxyl groups excluding tert-OH is 1. The van der Waals surface area contributed by atoms with Crippen molar-refractivity contribution in [3.8, 4) is 0 Å². The van der Waals surface area contributed by atoms with Gasteiger partial charge in [0.25, 0.3) is 0 Å². The van der Waals surface area contributed by atoms with E-state index in [4.69, 9.17) is 0 Å². The fourth-order valence-electron chi connectivity index (χ4n) is 3.06. The molecule has 0 saturated carbocycles. The van der Waals surface area contributed by atoms with Gasteiger partial charge in [-0.05, 0) is 30.4 Å². The number of aliphatic hydroxyl groups is 1. The first-order chi connectivity index (χ1) is 9.05. The number of nitrogens with zero attached hydrogens (tertiary/aromatic N) is 1. The number of likely N-dealkylation sites (tertiary alicyclic amines) is 1. The molecule has 0 aliphatic carbocycles. The molecule has 19 heavy (non-hydrogen) atoms. The Morgan fingerprint density at radius 1 is 1.21 bits per heavy atom. The predicted octanol–water partition coefficient (Wildman–Crippen LogP) is 2.91. The maximum Gasteiger partial charge on any atom is 0.0537 e. The van der Waals surface area contributed by atoms with Gasteiger partial charge in [0.1, 0.15) is 0 Å². The topological polar surface area (TPSA) is 23.5 Å². The second kappa shape index (κ2) is 6.06. The Kier molecular flexibility index (Phi) is 4.64. The third-order valence-electron chi connectivity index (χ3n) is 4.81. The van der Waals surface area contributed by atoms with Crippen LogP contribution in [0.25, 0.3) is 0 Å². The van der Waals surface area contributed by atoms with Crippen LogP contribution >= 0.6 is 0 Å². The van der Waals surface area contributed by atoms with E-state index < -0.39 is 0 Å². The summed E-state index contributed by atoms with van der Waals surface area (Å²) >= 11 is 0. The monoisotopic (exact) mass is 261 g/mol.